The predicted octanol–water partition coefficient (Wildman–Crippen LogP) is 5.33. The number of piperidine rings is 3. The molecule has 164 valence electrons. The van der Waals surface area contributed by atoms with Crippen molar-refractivity contribution in [3.63, 3.8) is 0 Å². The van der Waals surface area contributed by atoms with Gasteiger partial charge in [-0.3, -0.25) is 4.90 Å². The number of halogens is 1. The monoisotopic (exact) mass is 422 g/mol. The van der Waals surface area contributed by atoms with E-state index in [1.165, 1.54) is 11.6 Å². The molecule has 0 radical (unpaired) electrons. The van der Waals surface area contributed by atoms with Crippen molar-refractivity contribution in [1.29, 1.82) is 0 Å². The Morgan fingerprint density at radius 2 is 1.94 bits per heavy atom. The number of rotatable bonds is 3. The summed E-state index contributed by atoms with van der Waals surface area (Å²) in [4.78, 5) is 15.3. The van der Waals surface area contributed by atoms with Gasteiger partial charge >= 0.3 is 6.09 Å². The molecule has 3 saturated heterocycles. The summed E-state index contributed by atoms with van der Waals surface area (Å²) in [6.45, 7) is 7.49. The van der Waals surface area contributed by atoms with Crippen molar-refractivity contribution in [2.75, 3.05) is 19.6 Å². The van der Waals surface area contributed by atoms with Crippen LogP contribution in [0.5, 0.6) is 0 Å². The summed E-state index contributed by atoms with van der Waals surface area (Å²) >= 11 is 0. The molecule has 3 aliphatic heterocycles. The van der Waals surface area contributed by atoms with E-state index in [2.05, 4.69) is 36.2 Å². The molecule has 2 atom stereocenters. The van der Waals surface area contributed by atoms with Gasteiger partial charge in [0.05, 0.1) is 6.04 Å². The quantitative estimate of drug-likeness (QED) is 0.727. The lowest BCUT2D eigenvalue weighted by molar-refractivity contribution is -0.0353. The lowest BCUT2D eigenvalue weighted by Gasteiger charge is -2.44. The van der Waals surface area contributed by atoms with E-state index in [0.717, 1.165) is 56.4 Å². The summed E-state index contributed by atoms with van der Waals surface area (Å²) in [5.41, 5.74) is 3.70. The minimum absolute atomic E-state index is 0.00268. The van der Waals surface area contributed by atoms with E-state index in [9.17, 15) is 9.18 Å². The van der Waals surface area contributed by atoms with Gasteiger partial charge in [-0.2, -0.15) is 0 Å². The predicted molar refractivity (Wildman–Crippen MR) is 119 cm³/mol. The highest BCUT2D eigenvalue weighted by Crippen LogP contribution is 2.44. The van der Waals surface area contributed by atoms with Gasteiger partial charge in [-0.25, -0.2) is 9.18 Å². The van der Waals surface area contributed by atoms with E-state index in [-0.39, 0.29) is 29.5 Å². The molecule has 6 rings (SSSR count). The van der Waals surface area contributed by atoms with Gasteiger partial charge in [-0.05, 0) is 72.9 Å². The number of amides is 1. The number of nitrogens with zero attached hydrogens (tertiary/aromatic N) is 1. The molecular formula is C26H31FN2O2. The number of hydrogen-bond acceptors (Lipinski definition) is 3. The highest BCUT2D eigenvalue weighted by molar-refractivity contribution is 5.70. The number of carbonyl (C=O) groups excluding carboxylic acids is 1. The molecule has 4 nitrogen and oxygen atoms in total. The lowest BCUT2D eigenvalue weighted by Crippen LogP contribution is -2.53. The third kappa shape index (κ3) is 3.96. The highest BCUT2D eigenvalue weighted by Gasteiger charge is 2.40. The van der Waals surface area contributed by atoms with E-state index < -0.39 is 0 Å². The van der Waals surface area contributed by atoms with Gasteiger partial charge in [-0.1, -0.05) is 50.2 Å². The van der Waals surface area contributed by atoms with Crippen LogP contribution in [-0.4, -0.2) is 36.7 Å². The van der Waals surface area contributed by atoms with Crippen LogP contribution in [0.2, 0.25) is 0 Å². The number of hydrogen-bond donors (Lipinski definition) is 1. The van der Waals surface area contributed by atoms with Gasteiger partial charge < -0.3 is 10.1 Å². The number of nitrogens with one attached hydrogen (secondary N) is 1. The molecule has 1 unspecified atom stereocenters. The van der Waals surface area contributed by atoms with Crippen molar-refractivity contribution < 1.29 is 13.9 Å². The second-order valence-corrected chi connectivity index (χ2v) is 10.0. The number of alkyl carbamates (subject to hydrolysis) is 1. The Hall–Kier alpha value is -2.40. The topological polar surface area (TPSA) is 41.6 Å². The molecule has 5 heteroatoms. The molecule has 1 N–H and O–H groups in total. The van der Waals surface area contributed by atoms with Crippen LogP contribution in [0.3, 0.4) is 0 Å². The first-order valence-electron chi connectivity index (χ1n) is 11.5. The fraction of sp³-hybridized carbons (Fsp3) is 0.500. The van der Waals surface area contributed by atoms with Gasteiger partial charge in [0.15, 0.2) is 0 Å². The molecule has 2 aromatic carbocycles. The van der Waals surface area contributed by atoms with Crippen molar-refractivity contribution in [3.05, 3.63) is 59.4 Å². The summed E-state index contributed by atoms with van der Waals surface area (Å²) in [5.74, 6) is 0.278. The Balaban J connectivity index is 1.36. The van der Waals surface area contributed by atoms with Crippen LogP contribution in [0.15, 0.2) is 42.5 Å². The molecule has 2 aromatic rings. The average Bonchev–Trinajstić information content (AvgIpc) is 2.77. The van der Waals surface area contributed by atoms with Crippen LogP contribution in [0.4, 0.5) is 9.18 Å². The van der Waals surface area contributed by atoms with E-state index in [1.807, 2.05) is 18.2 Å². The summed E-state index contributed by atoms with van der Waals surface area (Å²) in [6, 6.07) is 12.8. The second-order valence-electron chi connectivity index (χ2n) is 10.0. The van der Waals surface area contributed by atoms with Gasteiger partial charge in [0.2, 0.25) is 0 Å². The van der Waals surface area contributed by atoms with E-state index in [1.54, 1.807) is 6.07 Å². The maximum Gasteiger partial charge on any atom is 0.407 e. The largest absolute Gasteiger partial charge is 0.445 e. The Bertz CT molecular complexity index is 981. The molecule has 1 aliphatic carbocycles. The molecule has 4 aliphatic rings. The molecule has 0 spiro atoms. The second kappa shape index (κ2) is 7.94. The maximum absolute atomic E-state index is 14.3. The number of benzene rings is 2. The number of carbonyl (C=O) groups is 1. The van der Waals surface area contributed by atoms with Crippen molar-refractivity contribution >= 4 is 6.09 Å². The van der Waals surface area contributed by atoms with Crippen LogP contribution >= 0.6 is 0 Å². The minimum atomic E-state index is -0.317. The zero-order chi connectivity index (χ0) is 21.6. The molecule has 2 bridgehead atoms. The molecule has 0 aromatic heterocycles. The molecule has 31 heavy (non-hydrogen) atoms. The Morgan fingerprint density at radius 1 is 1.16 bits per heavy atom. The Morgan fingerprint density at radius 3 is 2.65 bits per heavy atom. The summed E-state index contributed by atoms with van der Waals surface area (Å²) in [6.07, 6.45) is 3.78. The molecule has 1 amide bonds. The van der Waals surface area contributed by atoms with E-state index >= 15 is 0 Å². The van der Waals surface area contributed by atoms with Crippen LogP contribution in [0, 0.1) is 17.2 Å². The molecule has 3 heterocycles. The molecular weight excluding hydrogens is 391 g/mol. The van der Waals surface area contributed by atoms with E-state index in [4.69, 9.17) is 4.74 Å². The zero-order valence-electron chi connectivity index (χ0n) is 18.4. The number of ether oxygens (including phenoxy) is 1. The SMILES string of the molecule is CC1(C)CCc2cc(-c3ccccc3F)ccc2C1NC(=O)O[C@H]1CN2CCC1CC2. The first-order chi connectivity index (χ1) is 14.9. The van der Waals surface area contributed by atoms with Crippen LogP contribution in [-0.2, 0) is 11.2 Å². The Kier molecular flexibility index (Phi) is 5.25. The first-order valence-corrected chi connectivity index (χ1v) is 11.5. The summed E-state index contributed by atoms with van der Waals surface area (Å²) < 4.78 is 20.2. The van der Waals surface area contributed by atoms with Gasteiger partial charge in [0.25, 0.3) is 0 Å². The van der Waals surface area contributed by atoms with Gasteiger partial charge in [-0.15, -0.1) is 0 Å². The van der Waals surface area contributed by atoms with Crippen molar-refractivity contribution in [2.24, 2.45) is 11.3 Å². The molecule has 3 fully saturated rings. The maximum atomic E-state index is 14.3. The van der Waals surface area contributed by atoms with Crippen LogP contribution < -0.4 is 5.32 Å². The average molecular weight is 423 g/mol. The van der Waals surface area contributed by atoms with Gasteiger partial charge in [0.1, 0.15) is 11.9 Å². The lowest BCUT2D eigenvalue weighted by atomic mass is 9.70. The number of aryl methyl sites for hydroxylation is 1. The summed E-state index contributed by atoms with van der Waals surface area (Å²) in [7, 11) is 0. The highest BCUT2D eigenvalue weighted by atomic mass is 19.1. The first kappa shape index (κ1) is 20.5. The van der Waals surface area contributed by atoms with Crippen molar-refractivity contribution in [3.8, 4) is 11.1 Å². The zero-order valence-corrected chi connectivity index (χ0v) is 18.4. The van der Waals surface area contributed by atoms with Crippen molar-refractivity contribution in [2.45, 2.75) is 51.7 Å². The van der Waals surface area contributed by atoms with Crippen LogP contribution in [0.1, 0.15) is 50.3 Å². The smallest absolute Gasteiger partial charge is 0.407 e. The van der Waals surface area contributed by atoms with E-state index in [0.29, 0.717) is 11.5 Å². The fourth-order valence-electron chi connectivity index (χ4n) is 5.60. The standard InChI is InChI=1S/C26H31FN2O2/c1-26(2)12-9-19-15-18(20-5-3-4-6-22(20)27)7-8-21(19)24(26)28-25(30)31-23-16-29-13-10-17(23)11-14-29/h3-8,15,17,23-24H,9-14,16H2,1-2H3,(H,28,30)/t23-,24?/m0/s1. The van der Waals surface area contributed by atoms with Crippen molar-refractivity contribution in [1.82, 2.24) is 10.2 Å². The third-order valence-corrected chi connectivity index (χ3v) is 7.58. The Labute approximate surface area is 183 Å². The van der Waals surface area contributed by atoms with Crippen LogP contribution in [0.25, 0.3) is 11.1 Å². The fourth-order valence-corrected chi connectivity index (χ4v) is 5.60. The number of fused-ring (bicyclic) bond motifs is 4. The minimum Gasteiger partial charge on any atom is -0.445 e. The summed E-state index contributed by atoms with van der Waals surface area (Å²) in [5, 5.41) is 3.19. The third-order valence-electron chi connectivity index (χ3n) is 7.58. The van der Waals surface area contributed by atoms with Gasteiger partial charge in [0, 0.05) is 12.1 Å². The normalized spacial score (nSPS) is 28.6. The molecule has 0 saturated carbocycles.